The highest BCUT2D eigenvalue weighted by Gasteiger charge is 2.26. The van der Waals surface area contributed by atoms with Gasteiger partial charge in [0.15, 0.2) is 12.0 Å². The summed E-state index contributed by atoms with van der Waals surface area (Å²) < 4.78 is 5.48. The number of furan rings is 1. The van der Waals surface area contributed by atoms with Gasteiger partial charge in [-0.2, -0.15) is 0 Å². The third kappa shape index (κ3) is 1.07. The highest BCUT2D eigenvalue weighted by Crippen LogP contribution is 2.43. The number of carbonyl (C=O) groups is 1. The molecule has 70 valence electrons. The van der Waals surface area contributed by atoms with Crippen molar-refractivity contribution >= 4 is 17.3 Å². The zero-order valence-electron chi connectivity index (χ0n) is 7.69. The zero-order chi connectivity index (χ0) is 9.54. The first-order valence-corrected chi connectivity index (χ1v) is 4.86. The molecule has 0 aliphatic heterocycles. The van der Waals surface area contributed by atoms with Crippen LogP contribution >= 0.6 is 0 Å². The van der Waals surface area contributed by atoms with Gasteiger partial charge >= 0.3 is 0 Å². The Kier molecular flexibility index (Phi) is 1.51. The van der Waals surface area contributed by atoms with E-state index >= 15 is 0 Å². The average molecular weight is 186 g/mol. The first-order valence-electron chi connectivity index (χ1n) is 4.86. The SMILES string of the molecule is O=Cc1cc2cccc(C3CC3)c2o1. The second kappa shape index (κ2) is 2.71. The number of hydrogen-bond acceptors (Lipinski definition) is 2. The topological polar surface area (TPSA) is 30.2 Å². The molecule has 2 nitrogen and oxygen atoms in total. The summed E-state index contributed by atoms with van der Waals surface area (Å²) in [7, 11) is 0. The van der Waals surface area contributed by atoms with Crippen LogP contribution in [0.1, 0.15) is 34.9 Å². The minimum Gasteiger partial charge on any atom is -0.453 e. The van der Waals surface area contributed by atoms with Crippen LogP contribution < -0.4 is 0 Å². The van der Waals surface area contributed by atoms with Crippen molar-refractivity contribution < 1.29 is 9.21 Å². The van der Waals surface area contributed by atoms with E-state index in [9.17, 15) is 4.79 Å². The van der Waals surface area contributed by atoms with Gasteiger partial charge < -0.3 is 4.42 Å². The summed E-state index contributed by atoms with van der Waals surface area (Å²) in [5.74, 6) is 1.08. The first kappa shape index (κ1) is 7.80. The molecule has 0 atom stereocenters. The Hall–Kier alpha value is -1.57. The summed E-state index contributed by atoms with van der Waals surface area (Å²) in [5, 5.41) is 1.04. The molecule has 1 aliphatic rings. The summed E-state index contributed by atoms with van der Waals surface area (Å²) >= 11 is 0. The molecule has 2 heteroatoms. The van der Waals surface area contributed by atoms with Gasteiger partial charge in [-0.25, -0.2) is 0 Å². The minimum atomic E-state index is 0.424. The van der Waals surface area contributed by atoms with Gasteiger partial charge in [-0.15, -0.1) is 0 Å². The molecule has 3 rings (SSSR count). The maximum atomic E-state index is 10.6. The van der Waals surface area contributed by atoms with Crippen LogP contribution in [-0.4, -0.2) is 6.29 Å². The maximum Gasteiger partial charge on any atom is 0.185 e. The van der Waals surface area contributed by atoms with Crippen molar-refractivity contribution in [3.63, 3.8) is 0 Å². The molecule has 14 heavy (non-hydrogen) atoms. The molecule has 0 N–H and O–H groups in total. The largest absolute Gasteiger partial charge is 0.453 e. The fourth-order valence-electron chi connectivity index (χ4n) is 1.88. The van der Waals surface area contributed by atoms with Crippen molar-refractivity contribution in [2.75, 3.05) is 0 Å². The fraction of sp³-hybridized carbons (Fsp3) is 0.250. The van der Waals surface area contributed by atoms with Crippen LogP contribution in [0, 0.1) is 0 Å². The van der Waals surface area contributed by atoms with E-state index in [0.717, 1.165) is 17.3 Å². The molecule has 1 heterocycles. The first-order chi connectivity index (χ1) is 6.88. The Balaban J connectivity index is 2.28. The zero-order valence-corrected chi connectivity index (χ0v) is 7.69. The summed E-state index contributed by atoms with van der Waals surface area (Å²) in [6.45, 7) is 0. The molecule has 0 spiro atoms. The molecule has 0 unspecified atom stereocenters. The molecule has 1 aromatic carbocycles. The number of para-hydroxylation sites is 1. The van der Waals surface area contributed by atoms with E-state index in [-0.39, 0.29) is 0 Å². The van der Waals surface area contributed by atoms with Crippen LogP contribution in [-0.2, 0) is 0 Å². The molecule has 1 fully saturated rings. The molecule has 0 bridgehead atoms. The van der Waals surface area contributed by atoms with Crippen molar-refractivity contribution in [1.82, 2.24) is 0 Å². The lowest BCUT2D eigenvalue weighted by Gasteiger charge is -1.97. The molecular weight excluding hydrogens is 176 g/mol. The van der Waals surface area contributed by atoms with Crippen LogP contribution in [0.5, 0.6) is 0 Å². The predicted octanol–water partition coefficient (Wildman–Crippen LogP) is 3.12. The summed E-state index contributed by atoms with van der Waals surface area (Å²) in [6, 6.07) is 7.91. The molecule has 0 saturated heterocycles. The van der Waals surface area contributed by atoms with Crippen LogP contribution in [0.3, 0.4) is 0 Å². The number of fused-ring (bicyclic) bond motifs is 1. The van der Waals surface area contributed by atoms with E-state index in [0.29, 0.717) is 11.7 Å². The summed E-state index contributed by atoms with van der Waals surface area (Å²) in [6.07, 6.45) is 3.25. The second-order valence-electron chi connectivity index (χ2n) is 3.81. The normalized spacial score (nSPS) is 16.0. The standard InChI is InChI=1S/C12H10O2/c13-7-10-6-9-2-1-3-11(8-4-5-8)12(9)14-10/h1-3,6-8H,4-5H2. The molecule has 1 saturated carbocycles. The highest BCUT2D eigenvalue weighted by molar-refractivity contribution is 5.87. The van der Waals surface area contributed by atoms with E-state index < -0.39 is 0 Å². The third-order valence-electron chi connectivity index (χ3n) is 2.73. The lowest BCUT2D eigenvalue weighted by Crippen LogP contribution is -1.78. The van der Waals surface area contributed by atoms with Gasteiger partial charge in [0.2, 0.25) is 0 Å². The lowest BCUT2D eigenvalue weighted by molar-refractivity contribution is 0.110. The lowest BCUT2D eigenvalue weighted by atomic mass is 10.1. The Labute approximate surface area is 81.5 Å². The Morgan fingerprint density at radius 3 is 2.93 bits per heavy atom. The summed E-state index contributed by atoms with van der Waals surface area (Å²) in [4.78, 5) is 10.6. The van der Waals surface area contributed by atoms with Crippen molar-refractivity contribution in [1.29, 1.82) is 0 Å². The van der Waals surface area contributed by atoms with Gasteiger partial charge in [-0.05, 0) is 30.4 Å². The van der Waals surface area contributed by atoms with Crippen molar-refractivity contribution in [2.24, 2.45) is 0 Å². The molecule has 2 aromatic rings. The van der Waals surface area contributed by atoms with Gasteiger partial charge in [0.1, 0.15) is 5.58 Å². The fourth-order valence-corrected chi connectivity index (χ4v) is 1.88. The Morgan fingerprint density at radius 1 is 1.36 bits per heavy atom. The Bertz CT molecular complexity index is 492. The van der Waals surface area contributed by atoms with E-state index in [2.05, 4.69) is 6.07 Å². The van der Waals surface area contributed by atoms with E-state index in [1.54, 1.807) is 6.07 Å². The van der Waals surface area contributed by atoms with Crippen LogP contribution in [0.4, 0.5) is 0 Å². The summed E-state index contributed by atoms with van der Waals surface area (Å²) in [5.41, 5.74) is 2.16. The second-order valence-corrected chi connectivity index (χ2v) is 3.81. The smallest absolute Gasteiger partial charge is 0.185 e. The van der Waals surface area contributed by atoms with Crippen molar-refractivity contribution in [3.05, 3.63) is 35.6 Å². The molecule has 0 radical (unpaired) electrons. The van der Waals surface area contributed by atoms with Gasteiger partial charge in [0.25, 0.3) is 0 Å². The van der Waals surface area contributed by atoms with Gasteiger partial charge in [-0.1, -0.05) is 18.2 Å². The van der Waals surface area contributed by atoms with Crippen LogP contribution in [0.25, 0.3) is 11.0 Å². The molecule has 1 aliphatic carbocycles. The number of rotatable bonds is 2. The van der Waals surface area contributed by atoms with E-state index in [4.69, 9.17) is 4.42 Å². The number of carbonyl (C=O) groups excluding carboxylic acids is 1. The van der Waals surface area contributed by atoms with E-state index in [1.165, 1.54) is 18.4 Å². The van der Waals surface area contributed by atoms with Crippen LogP contribution in [0.15, 0.2) is 28.7 Å². The quantitative estimate of drug-likeness (QED) is 0.674. The monoisotopic (exact) mass is 186 g/mol. The molecule has 1 aromatic heterocycles. The average Bonchev–Trinajstić information content (AvgIpc) is 2.96. The molecule has 0 amide bonds. The van der Waals surface area contributed by atoms with Crippen molar-refractivity contribution in [3.8, 4) is 0 Å². The third-order valence-corrected chi connectivity index (χ3v) is 2.73. The maximum absolute atomic E-state index is 10.6. The number of hydrogen-bond donors (Lipinski definition) is 0. The predicted molar refractivity (Wildman–Crippen MR) is 53.6 cm³/mol. The highest BCUT2D eigenvalue weighted by atomic mass is 16.3. The van der Waals surface area contributed by atoms with Gasteiger partial charge in [-0.3, -0.25) is 4.79 Å². The van der Waals surface area contributed by atoms with E-state index in [1.807, 2.05) is 12.1 Å². The van der Waals surface area contributed by atoms with Gasteiger partial charge in [0, 0.05) is 5.39 Å². The minimum absolute atomic E-state index is 0.424. The van der Waals surface area contributed by atoms with Crippen LogP contribution in [0.2, 0.25) is 0 Å². The van der Waals surface area contributed by atoms with Gasteiger partial charge in [0.05, 0.1) is 0 Å². The molecular formula is C12H10O2. The Morgan fingerprint density at radius 2 is 2.21 bits per heavy atom. The number of aldehydes is 1. The van der Waals surface area contributed by atoms with Crippen molar-refractivity contribution in [2.45, 2.75) is 18.8 Å². The number of benzene rings is 1.